The zero-order chi connectivity index (χ0) is 18.2. The van der Waals surface area contributed by atoms with Crippen molar-refractivity contribution in [2.45, 2.75) is 26.5 Å². The van der Waals surface area contributed by atoms with Crippen molar-refractivity contribution in [2.75, 3.05) is 40.3 Å². The van der Waals surface area contributed by atoms with E-state index in [1.807, 2.05) is 18.9 Å². The van der Waals surface area contributed by atoms with E-state index in [9.17, 15) is 8.78 Å². The topological polar surface area (TPSA) is 40.1 Å². The SMILES string of the molecule is CCNC(=NCC1CCN(C)C1)N(C)Cc1ccc(OC(F)F)cc1. The summed E-state index contributed by atoms with van der Waals surface area (Å²) in [6.07, 6.45) is 1.19. The monoisotopic (exact) mass is 354 g/mol. The first-order chi connectivity index (χ1) is 12.0. The molecule has 2 rings (SSSR count). The van der Waals surface area contributed by atoms with E-state index >= 15 is 0 Å². The molecule has 0 saturated carbocycles. The maximum atomic E-state index is 12.2. The molecular formula is C18H28F2N4O. The van der Waals surface area contributed by atoms with Gasteiger partial charge in [-0.1, -0.05) is 12.1 Å². The van der Waals surface area contributed by atoms with Gasteiger partial charge in [-0.25, -0.2) is 0 Å². The van der Waals surface area contributed by atoms with Crippen LogP contribution in [0.25, 0.3) is 0 Å². The summed E-state index contributed by atoms with van der Waals surface area (Å²) in [5.74, 6) is 1.65. The second-order valence-corrected chi connectivity index (χ2v) is 6.49. The number of hydrogen-bond donors (Lipinski definition) is 1. The Kier molecular flexibility index (Phi) is 7.43. The number of guanidine groups is 1. The molecule has 1 saturated heterocycles. The maximum absolute atomic E-state index is 12.2. The summed E-state index contributed by atoms with van der Waals surface area (Å²) in [6, 6.07) is 6.72. The number of alkyl halides is 2. The first-order valence-corrected chi connectivity index (χ1v) is 8.69. The van der Waals surface area contributed by atoms with Gasteiger partial charge in [0.05, 0.1) is 0 Å². The molecule has 25 heavy (non-hydrogen) atoms. The molecule has 5 nitrogen and oxygen atoms in total. The summed E-state index contributed by atoms with van der Waals surface area (Å²) < 4.78 is 28.8. The highest BCUT2D eigenvalue weighted by molar-refractivity contribution is 5.79. The van der Waals surface area contributed by atoms with Crippen molar-refractivity contribution < 1.29 is 13.5 Å². The van der Waals surface area contributed by atoms with Gasteiger partial charge in [0.1, 0.15) is 5.75 Å². The minimum absolute atomic E-state index is 0.173. The largest absolute Gasteiger partial charge is 0.435 e. The molecule has 1 aromatic carbocycles. The van der Waals surface area contributed by atoms with E-state index in [2.05, 4.69) is 22.0 Å². The summed E-state index contributed by atoms with van der Waals surface area (Å²) in [5.41, 5.74) is 1.01. The quantitative estimate of drug-likeness (QED) is 0.604. The summed E-state index contributed by atoms with van der Waals surface area (Å²) in [5, 5.41) is 3.31. The highest BCUT2D eigenvalue weighted by Crippen LogP contribution is 2.16. The second-order valence-electron chi connectivity index (χ2n) is 6.49. The van der Waals surface area contributed by atoms with Crippen LogP contribution < -0.4 is 10.1 Å². The zero-order valence-corrected chi connectivity index (χ0v) is 15.2. The maximum Gasteiger partial charge on any atom is 0.387 e. The average molecular weight is 354 g/mol. The molecule has 0 aromatic heterocycles. The van der Waals surface area contributed by atoms with Gasteiger partial charge in [-0.3, -0.25) is 4.99 Å². The summed E-state index contributed by atoms with van der Waals surface area (Å²) in [6.45, 7) is 3.75. The number of rotatable bonds is 7. The number of ether oxygens (including phenoxy) is 1. The Labute approximate surface area is 148 Å². The summed E-state index contributed by atoms with van der Waals surface area (Å²) in [7, 11) is 4.12. The molecule has 1 aliphatic heterocycles. The van der Waals surface area contributed by atoms with Crippen LogP contribution in [0.4, 0.5) is 8.78 Å². The molecule has 7 heteroatoms. The van der Waals surface area contributed by atoms with Gasteiger partial charge in [-0.05, 0) is 50.6 Å². The molecule has 1 fully saturated rings. The minimum atomic E-state index is -2.80. The Morgan fingerprint density at radius 2 is 2.12 bits per heavy atom. The molecule has 1 N–H and O–H groups in total. The first-order valence-electron chi connectivity index (χ1n) is 8.69. The van der Waals surface area contributed by atoms with Crippen LogP contribution in [0.2, 0.25) is 0 Å². The molecule has 1 aromatic rings. The van der Waals surface area contributed by atoms with Crippen LogP contribution >= 0.6 is 0 Å². The van der Waals surface area contributed by atoms with E-state index in [-0.39, 0.29) is 5.75 Å². The van der Waals surface area contributed by atoms with Crippen LogP contribution in [0.15, 0.2) is 29.3 Å². The summed E-state index contributed by atoms with van der Waals surface area (Å²) in [4.78, 5) is 9.14. The Morgan fingerprint density at radius 1 is 1.40 bits per heavy atom. The fourth-order valence-electron chi connectivity index (χ4n) is 2.99. The van der Waals surface area contributed by atoms with Gasteiger partial charge in [0.25, 0.3) is 0 Å². The number of benzene rings is 1. The van der Waals surface area contributed by atoms with E-state index < -0.39 is 6.61 Å². The average Bonchev–Trinajstić information content (AvgIpc) is 2.98. The standard InChI is InChI=1S/C18H28F2N4O/c1-4-21-18(22-11-15-9-10-23(2)12-15)24(3)13-14-5-7-16(8-6-14)25-17(19)20/h5-8,15,17H,4,9-13H2,1-3H3,(H,21,22). The lowest BCUT2D eigenvalue weighted by Gasteiger charge is -2.23. The van der Waals surface area contributed by atoms with Gasteiger partial charge in [0, 0.05) is 33.2 Å². The van der Waals surface area contributed by atoms with Gasteiger partial charge in [-0.2, -0.15) is 8.78 Å². The Morgan fingerprint density at radius 3 is 2.68 bits per heavy atom. The number of aliphatic imine (C=N–C) groups is 1. The van der Waals surface area contributed by atoms with Gasteiger partial charge in [-0.15, -0.1) is 0 Å². The lowest BCUT2D eigenvalue weighted by atomic mass is 10.1. The second kappa shape index (κ2) is 9.56. The minimum Gasteiger partial charge on any atom is -0.435 e. The normalized spacial score (nSPS) is 18.6. The number of likely N-dealkylation sites (tertiary alicyclic amines) is 1. The van der Waals surface area contributed by atoms with Crippen molar-refractivity contribution in [3.8, 4) is 5.75 Å². The Bertz CT molecular complexity index is 551. The van der Waals surface area contributed by atoms with Gasteiger partial charge in [0.2, 0.25) is 0 Å². The van der Waals surface area contributed by atoms with E-state index in [4.69, 9.17) is 4.99 Å². The van der Waals surface area contributed by atoms with E-state index in [1.165, 1.54) is 6.42 Å². The molecule has 0 bridgehead atoms. The lowest BCUT2D eigenvalue weighted by Crippen LogP contribution is -2.38. The predicted molar refractivity (Wildman–Crippen MR) is 96.1 cm³/mol. The molecule has 0 radical (unpaired) electrons. The lowest BCUT2D eigenvalue weighted by molar-refractivity contribution is -0.0498. The van der Waals surface area contributed by atoms with Crippen molar-refractivity contribution >= 4 is 5.96 Å². The Balaban J connectivity index is 1.93. The molecular weight excluding hydrogens is 326 g/mol. The number of hydrogen-bond acceptors (Lipinski definition) is 3. The van der Waals surface area contributed by atoms with Gasteiger partial charge in [0.15, 0.2) is 5.96 Å². The zero-order valence-electron chi connectivity index (χ0n) is 15.2. The first kappa shape index (κ1) is 19.4. The molecule has 0 spiro atoms. The highest BCUT2D eigenvalue weighted by Gasteiger charge is 2.19. The highest BCUT2D eigenvalue weighted by atomic mass is 19.3. The van der Waals surface area contributed by atoms with Gasteiger partial charge >= 0.3 is 6.61 Å². The molecule has 0 aliphatic carbocycles. The van der Waals surface area contributed by atoms with Crippen molar-refractivity contribution in [2.24, 2.45) is 10.9 Å². The van der Waals surface area contributed by atoms with Crippen molar-refractivity contribution in [3.05, 3.63) is 29.8 Å². The van der Waals surface area contributed by atoms with Crippen LogP contribution in [0.1, 0.15) is 18.9 Å². The summed E-state index contributed by atoms with van der Waals surface area (Å²) >= 11 is 0. The van der Waals surface area contributed by atoms with Crippen molar-refractivity contribution in [1.82, 2.24) is 15.1 Å². The van der Waals surface area contributed by atoms with Crippen molar-refractivity contribution in [3.63, 3.8) is 0 Å². The third-order valence-corrected chi connectivity index (χ3v) is 4.25. The molecule has 1 unspecified atom stereocenters. The third-order valence-electron chi connectivity index (χ3n) is 4.25. The van der Waals surface area contributed by atoms with Crippen LogP contribution in [0.3, 0.4) is 0 Å². The molecule has 1 heterocycles. The molecule has 1 atom stereocenters. The van der Waals surface area contributed by atoms with Crippen LogP contribution in [0.5, 0.6) is 5.75 Å². The number of nitrogens with one attached hydrogen (secondary N) is 1. The predicted octanol–water partition coefficient (Wildman–Crippen LogP) is 2.64. The Hall–Kier alpha value is -1.89. The van der Waals surface area contributed by atoms with Crippen LogP contribution in [0, 0.1) is 5.92 Å². The molecule has 140 valence electrons. The van der Waals surface area contributed by atoms with E-state index in [0.29, 0.717) is 12.5 Å². The van der Waals surface area contributed by atoms with E-state index in [1.54, 1.807) is 24.3 Å². The van der Waals surface area contributed by atoms with Crippen LogP contribution in [-0.4, -0.2) is 62.6 Å². The van der Waals surface area contributed by atoms with Crippen molar-refractivity contribution in [1.29, 1.82) is 0 Å². The van der Waals surface area contributed by atoms with Crippen LogP contribution in [-0.2, 0) is 6.54 Å². The number of nitrogens with zero attached hydrogens (tertiary/aromatic N) is 3. The smallest absolute Gasteiger partial charge is 0.387 e. The van der Waals surface area contributed by atoms with Gasteiger partial charge < -0.3 is 19.9 Å². The fourth-order valence-corrected chi connectivity index (χ4v) is 2.99. The fraction of sp³-hybridized carbons (Fsp3) is 0.611. The molecule has 0 amide bonds. The third kappa shape index (κ3) is 6.49. The van der Waals surface area contributed by atoms with E-state index in [0.717, 1.165) is 37.7 Å². The molecule has 1 aliphatic rings. The number of halogens is 2.